The Kier molecular flexibility index (Phi) is 7.20. The van der Waals surface area contributed by atoms with Crippen molar-refractivity contribution in [1.29, 1.82) is 0 Å². The largest absolute Gasteiger partial charge is 0.379 e. The molecule has 5 nitrogen and oxygen atoms in total. The van der Waals surface area contributed by atoms with Crippen LogP contribution in [0, 0.1) is 0 Å². The molecule has 2 amide bonds. The number of carbonyl (C=O) groups is 1. The normalized spacial score (nSPS) is 16.8. The molecule has 1 aliphatic heterocycles. The first-order valence-corrected chi connectivity index (χ1v) is 9.26. The summed E-state index contributed by atoms with van der Waals surface area (Å²) in [4.78, 5) is 17.6. The molecule has 2 rings (SSSR count). The van der Waals surface area contributed by atoms with Crippen LogP contribution < -0.4 is 5.32 Å². The number of thioether (sulfide) groups is 1. The highest BCUT2D eigenvalue weighted by atomic mass is 32.2. The number of nitrogens with zero attached hydrogens (tertiary/aromatic N) is 2. The van der Waals surface area contributed by atoms with E-state index in [1.165, 1.54) is 4.90 Å². The Labute approximate surface area is 143 Å². The molecule has 128 valence electrons. The topological polar surface area (TPSA) is 44.8 Å². The fraction of sp³-hybridized carbons (Fsp3) is 0.588. The number of morpholine rings is 1. The van der Waals surface area contributed by atoms with Crippen LogP contribution in [0.5, 0.6) is 0 Å². The van der Waals surface area contributed by atoms with E-state index in [9.17, 15) is 4.79 Å². The number of hydrogen-bond acceptors (Lipinski definition) is 4. The summed E-state index contributed by atoms with van der Waals surface area (Å²) in [7, 11) is 1.83. The molecule has 23 heavy (non-hydrogen) atoms. The Morgan fingerprint density at radius 1 is 1.43 bits per heavy atom. The molecule has 1 saturated heterocycles. The Morgan fingerprint density at radius 2 is 2.17 bits per heavy atom. The van der Waals surface area contributed by atoms with E-state index < -0.39 is 0 Å². The van der Waals surface area contributed by atoms with Crippen LogP contribution in [0.4, 0.5) is 4.79 Å². The zero-order valence-electron chi connectivity index (χ0n) is 14.2. The van der Waals surface area contributed by atoms with Crippen LogP contribution in [-0.2, 0) is 11.3 Å². The molecular formula is C17H27N3O2S. The minimum atomic E-state index is -0.0281. The molecule has 1 aromatic carbocycles. The molecule has 0 aromatic heterocycles. The number of rotatable bonds is 6. The standard InChI is InChI=1S/C17H27N3O2S/c1-14(20-7-9-22-10-8-20)12-18-17(21)19(2)13-15-5-4-6-16(11-15)23-3/h4-6,11,14H,7-10,12-13H2,1-3H3,(H,18,21). The summed E-state index contributed by atoms with van der Waals surface area (Å²) in [6.45, 7) is 6.87. The van der Waals surface area contributed by atoms with Crippen LogP contribution in [0.25, 0.3) is 0 Å². The van der Waals surface area contributed by atoms with Crippen LogP contribution in [0.15, 0.2) is 29.2 Å². The lowest BCUT2D eigenvalue weighted by molar-refractivity contribution is 0.0207. The highest BCUT2D eigenvalue weighted by Crippen LogP contribution is 2.16. The zero-order chi connectivity index (χ0) is 16.7. The average molecular weight is 337 g/mol. The SMILES string of the molecule is CSc1cccc(CN(C)C(=O)NCC(C)N2CCOCC2)c1. The number of amides is 2. The van der Waals surface area contributed by atoms with Crippen molar-refractivity contribution in [2.45, 2.75) is 24.4 Å². The van der Waals surface area contributed by atoms with Crippen molar-refractivity contribution in [3.63, 3.8) is 0 Å². The highest BCUT2D eigenvalue weighted by molar-refractivity contribution is 7.98. The van der Waals surface area contributed by atoms with E-state index in [-0.39, 0.29) is 6.03 Å². The van der Waals surface area contributed by atoms with Gasteiger partial charge in [0, 0.05) is 44.2 Å². The van der Waals surface area contributed by atoms with Crippen molar-refractivity contribution in [3.8, 4) is 0 Å². The van der Waals surface area contributed by atoms with Gasteiger partial charge in [0.15, 0.2) is 0 Å². The molecule has 0 bridgehead atoms. The lowest BCUT2D eigenvalue weighted by atomic mass is 10.2. The molecule has 6 heteroatoms. The van der Waals surface area contributed by atoms with Crippen LogP contribution in [0.3, 0.4) is 0 Å². The molecule has 1 fully saturated rings. The van der Waals surface area contributed by atoms with Gasteiger partial charge in [-0.15, -0.1) is 11.8 Å². The second-order valence-electron chi connectivity index (χ2n) is 5.89. The number of nitrogens with one attached hydrogen (secondary N) is 1. The van der Waals surface area contributed by atoms with Gasteiger partial charge in [-0.2, -0.15) is 0 Å². The minimum Gasteiger partial charge on any atom is -0.379 e. The maximum Gasteiger partial charge on any atom is 0.317 e. The van der Waals surface area contributed by atoms with Gasteiger partial charge < -0.3 is 15.0 Å². The molecule has 0 saturated carbocycles. The predicted octanol–water partition coefficient (Wildman–Crippen LogP) is 2.27. The first-order chi connectivity index (χ1) is 11.1. The third kappa shape index (κ3) is 5.71. The van der Waals surface area contributed by atoms with Crippen molar-refractivity contribution in [2.75, 3.05) is 46.2 Å². The van der Waals surface area contributed by atoms with Gasteiger partial charge in [-0.05, 0) is 30.9 Å². The Bertz CT molecular complexity index is 506. The molecule has 1 aromatic rings. The summed E-state index contributed by atoms with van der Waals surface area (Å²) in [6, 6.07) is 8.60. The fourth-order valence-corrected chi connectivity index (χ4v) is 3.12. The average Bonchev–Trinajstić information content (AvgIpc) is 2.60. The number of urea groups is 1. The van der Waals surface area contributed by atoms with Gasteiger partial charge in [-0.3, -0.25) is 4.90 Å². The van der Waals surface area contributed by atoms with Gasteiger partial charge in [-0.25, -0.2) is 4.79 Å². The van der Waals surface area contributed by atoms with E-state index in [0.717, 1.165) is 31.9 Å². The number of ether oxygens (including phenoxy) is 1. The zero-order valence-corrected chi connectivity index (χ0v) is 15.1. The third-order valence-corrected chi connectivity index (χ3v) is 4.84. The van der Waals surface area contributed by atoms with Crippen LogP contribution >= 0.6 is 11.8 Å². The maximum atomic E-state index is 12.3. The van der Waals surface area contributed by atoms with Crippen molar-refractivity contribution in [2.24, 2.45) is 0 Å². The van der Waals surface area contributed by atoms with E-state index in [1.54, 1.807) is 16.7 Å². The summed E-state index contributed by atoms with van der Waals surface area (Å²) >= 11 is 1.71. The van der Waals surface area contributed by atoms with E-state index >= 15 is 0 Å². The predicted molar refractivity (Wildman–Crippen MR) is 94.9 cm³/mol. The molecule has 0 spiro atoms. The molecule has 1 heterocycles. The van der Waals surface area contributed by atoms with Crippen molar-refractivity contribution >= 4 is 17.8 Å². The van der Waals surface area contributed by atoms with Gasteiger partial charge in [0.1, 0.15) is 0 Å². The molecule has 0 aliphatic carbocycles. The van der Waals surface area contributed by atoms with Gasteiger partial charge in [0.2, 0.25) is 0 Å². The van der Waals surface area contributed by atoms with E-state index in [2.05, 4.69) is 41.6 Å². The Balaban J connectivity index is 1.77. The van der Waals surface area contributed by atoms with Gasteiger partial charge in [0.05, 0.1) is 13.2 Å². The van der Waals surface area contributed by atoms with Gasteiger partial charge in [0.25, 0.3) is 0 Å². The number of carbonyl (C=O) groups excluding carboxylic acids is 1. The van der Waals surface area contributed by atoms with Crippen molar-refractivity contribution < 1.29 is 9.53 Å². The fourth-order valence-electron chi connectivity index (χ4n) is 2.63. The van der Waals surface area contributed by atoms with Crippen LogP contribution in [0.1, 0.15) is 12.5 Å². The first kappa shape index (κ1) is 18.1. The second-order valence-corrected chi connectivity index (χ2v) is 6.77. The molecular weight excluding hydrogens is 310 g/mol. The summed E-state index contributed by atoms with van der Waals surface area (Å²) in [5.74, 6) is 0. The quantitative estimate of drug-likeness (QED) is 0.809. The van der Waals surface area contributed by atoms with Gasteiger partial charge in [-0.1, -0.05) is 12.1 Å². The number of hydrogen-bond donors (Lipinski definition) is 1. The lowest BCUT2D eigenvalue weighted by Gasteiger charge is -2.32. The third-order valence-electron chi connectivity index (χ3n) is 4.12. The van der Waals surface area contributed by atoms with Crippen molar-refractivity contribution in [1.82, 2.24) is 15.1 Å². The smallest absolute Gasteiger partial charge is 0.317 e. The Hall–Kier alpha value is -1.24. The van der Waals surface area contributed by atoms with E-state index in [4.69, 9.17) is 4.74 Å². The lowest BCUT2D eigenvalue weighted by Crippen LogP contribution is -2.49. The first-order valence-electron chi connectivity index (χ1n) is 8.04. The van der Waals surface area contributed by atoms with Crippen LogP contribution in [-0.4, -0.2) is 68.0 Å². The summed E-state index contributed by atoms with van der Waals surface area (Å²) < 4.78 is 5.36. The van der Waals surface area contributed by atoms with Crippen molar-refractivity contribution in [3.05, 3.63) is 29.8 Å². The second kappa shape index (κ2) is 9.15. The monoisotopic (exact) mass is 337 g/mol. The molecule has 1 N–H and O–H groups in total. The molecule has 1 aliphatic rings. The van der Waals surface area contributed by atoms with E-state index in [0.29, 0.717) is 19.1 Å². The molecule has 1 unspecified atom stereocenters. The van der Waals surface area contributed by atoms with Gasteiger partial charge >= 0.3 is 6.03 Å². The van der Waals surface area contributed by atoms with Crippen LogP contribution in [0.2, 0.25) is 0 Å². The summed E-state index contributed by atoms with van der Waals surface area (Å²) in [6.07, 6.45) is 2.06. The summed E-state index contributed by atoms with van der Waals surface area (Å²) in [5.41, 5.74) is 1.15. The minimum absolute atomic E-state index is 0.0281. The highest BCUT2D eigenvalue weighted by Gasteiger charge is 2.18. The maximum absolute atomic E-state index is 12.3. The van der Waals surface area contributed by atoms with E-state index in [1.807, 2.05) is 13.1 Å². The Morgan fingerprint density at radius 3 is 2.87 bits per heavy atom. The molecule has 1 atom stereocenters. The summed E-state index contributed by atoms with van der Waals surface area (Å²) in [5, 5.41) is 3.03. The molecule has 0 radical (unpaired) electrons. The number of benzene rings is 1.